The molecular formula is C19H26FN3O2. The number of aryl methyl sites for hydroxylation is 2. The molecule has 5 nitrogen and oxygen atoms in total. The van der Waals surface area contributed by atoms with Crippen molar-refractivity contribution in [3.05, 3.63) is 47.0 Å². The molecule has 0 bridgehead atoms. The predicted octanol–water partition coefficient (Wildman–Crippen LogP) is 3.08. The first-order valence-electron chi connectivity index (χ1n) is 8.61. The first-order valence-corrected chi connectivity index (χ1v) is 8.61. The number of ether oxygens (including phenoxy) is 1. The van der Waals surface area contributed by atoms with Crippen LogP contribution in [0.4, 0.5) is 4.39 Å². The Kier molecular flexibility index (Phi) is 6.98. The second-order valence-corrected chi connectivity index (χ2v) is 6.13. The summed E-state index contributed by atoms with van der Waals surface area (Å²) < 4.78 is 20.1. The van der Waals surface area contributed by atoms with Crippen LogP contribution in [0.25, 0.3) is 0 Å². The number of hydrogen-bond donors (Lipinski definition) is 1. The Morgan fingerprint density at radius 1 is 1.24 bits per heavy atom. The zero-order chi connectivity index (χ0) is 18.2. The van der Waals surface area contributed by atoms with E-state index in [1.807, 2.05) is 25.6 Å². The quantitative estimate of drug-likeness (QED) is 0.709. The van der Waals surface area contributed by atoms with Crippen molar-refractivity contribution in [2.75, 3.05) is 13.2 Å². The van der Waals surface area contributed by atoms with E-state index in [0.717, 1.165) is 29.8 Å². The highest BCUT2D eigenvalue weighted by molar-refractivity contribution is 5.76. The van der Waals surface area contributed by atoms with Crippen molar-refractivity contribution in [2.24, 2.45) is 7.05 Å². The maximum atomic E-state index is 12.8. The highest BCUT2D eigenvalue weighted by Crippen LogP contribution is 2.14. The molecule has 0 fully saturated rings. The van der Waals surface area contributed by atoms with E-state index in [-0.39, 0.29) is 11.7 Å². The number of carbonyl (C=O) groups is 1. The molecule has 1 amide bonds. The van der Waals surface area contributed by atoms with Crippen molar-refractivity contribution in [3.8, 4) is 5.75 Å². The van der Waals surface area contributed by atoms with Crippen LogP contribution in [0, 0.1) is 19.7 Å². The van der Waals surface area contributed by atoms with Crippen LogP contribution in [0.15, 0.2) is 24.3 Å². The van der Waals surface area contributed by atoms with E-state index in [2.05, 4.69) is 10.4 Å². The minimum Gasteiger partial charge on any atom is -0.494 e. The fourth-order valence-corrected chi connectivity index (χ4v) is 2.68. The summed E-state index contributed by atoms with van der Waals surface area (Å²) in [6, 6.07) is 5.97. The van der Waals surface area contributed by atoms with E-state index in [0.29, 0.717) is 31.7 Å². The summed E-state index contributed by atoms with van der Waals surface area (Å²) >= 11 is 0. The van der Waals surface area contributed by atoms with Gasteiger partial charge < -0.3 is 10.1 Å². The van der Waals surface area contributed by atoms with Gasteiger partial charge >= 0.3 is 0 Å². The molecule has 1 heterocycles. The Balaban J connectivity index is 1.57. The molecule has 0 aliphatic heterocycles. The highest BCUT2D eigenvalue weighted by Gasteiger charge is 2.11. The largest absolute Gasteiger partial charge is 0.494 e. The van der Waals surface area contributed by atoms with E-state index in [9.17, 15) is 9.18 Å². The molecule has 0 saturated carbocycles. The summed E-state index contributed by atoms with van der Waals surface area (Å²) in [5.41, 5.74) is 3.26. The third-order valence-corrected chi connectivity index (χ3v) is 4.24. The number of hydrogen-bond acceptors (Lipinski definition) is 3. The maximum Gasteiger partial charge on any atom is 0.220 e. The molecule has 0 aliphatic rings. The average molecular weight is 347 g/mol. The summed E-state index contributed by atoms with van der Waals surface area (Å²) in [6.45, 7) is 5.18. The van der Waals surface area contributed by atoms with Crippen molar-refractivity contribution in [3.63, 3.8) is 0 Å². The van der Waals surface area contributed by atoms with Gasteiger partial charge in [0, 0.05) is 25.7 Å². The lowest BCUT2D eigenvalue weighted by Gasteiger charge is -2.07. The Hall–Kier alpha value is -2.37. The van der Waals surface area contributed by atoms with Gasteiger partial charge in [-0.25, -0.2) is 4.39 Å². The number of rotatable bonds is 9. The Morgan fingerprint density at radius 3 is 2.60 bits per heavy atom. The zero-order valence-corrected chi connectivity index (χ0v) is 15.1. The van der Waals surface area contributed by atoms with Crippen LogP contribution in [0.5, 0.6) is 5.75 Å². The van der Waals surface area contributed by atoms with Crippen LogP contribution in [0.2, 0.25) is 0 Å². The molecular weight excluding hydrogens is 321 g/mol. The molecule has 2 rings (SSSR count). The van der Waals surface area contributed by atoms with Crippen LogP contribution in [0.3, 0.4) is 0 Å². The van der Waals surface area contributed by atoms with E-state index in [1.54, 1.807) is 12.1 Å². The average Bonchev–Trinajstić information content (AvgIpc) is 2.83. The van der Waals surface area contributed by atoms with Crippen molar-refractivity contribution < 1.29 is 13.9 Å². The summed E-state index contributed by atoms with van der Waals surface area (Å²) in [7, 11) is 1.92. The molecule has 1 aromatic heterocycles. The molecule has 0 atom stereocenters. The van der Waals surface area contributed by atoms with Crippen molar-refractivity contribution >= 4 is 5.91 Å². The topological polar surface area (TPSA) is 56.2 Å². The molecule has 136 valence electrons. The SMILES string of the molecule is Cc1nn(C)c(C)c1CCC(=O)NCCCCOc1ccc(F)cc1. The first kappa shape index (κ1) is 19.0. The summed E-state index contributed by atoms with van der Waals surface area (Å²) in [5, 5.41) is 7.30. The van der Waals surface area contributed by atoms with Gasteiger partial charge in [0.1, 0.15) is 11.6 Å². The number of benzene rings is 1. The lowest BCUT2D eigenvalue weighted by molar-refractivity contribution is -0.121. The normalized spacial score (nSPS) is 10.7. The third-order valence-electron chi connectivity index (χ3n) is 4.24. The monoisotopic (exact) mass is 347 g/mol. The Labute approximate surface area is 148 Å². The second kappa shape index (κ2) is 9.20. The van der Waals surface area contributed by atoms with Gasteiger partial charge in [0.15, 0.2) is 0 Å². The standard InChI is InChI=1S/C19H26FN3O2/c1-14-18(15(2)23(3)22-14)10-11-19(24)21-12-4-5-13-25-17-8-6-16(20)7-9-17/h6-9H,4-5,10-13H2,1-3H3,(H,21,24). The van der Waals surface area contributed by atoms with E-state index >= 15 is 0 Å². The maximum absolute atomic E-state index is 12.8. The molecule has 2 aromatic rings. The van der Waals surface area contributed by atoms with Gasteiger partial charge in [0.25, 0.3) is 0 Å². The second-order valence-electron chi connectivity index (χ2n) is 6.13. The number of halogens is 1. The molecule has 0 unspecified atom stereocenters. The molecule has 0 aliphatic carbocycles. The third kappa shape index (κ3) is 5.89. The van der Waals surface area contributed by atoms with Gasteiger partial charge in [-0.2, -0.15) is 5.10 Å². The molecule has 6 heteroatoms. The number of unbranched alkanes of at least 4 members (excludes halogenated alkanes) is 1. The van der Waals surface area contributed by atoms with Gasteiger partial charge in [-0.05, 0) is 62.9 Å². The van der Waals surface area contributed by atoms with Gasteiger partial charge in [0.2, 0.25) is 5.91 Å². The fraction of sp³-hybridized carbons (Fsp3) is 0.474. The van der Waals surface area contributed by atoms with E-state index in [1.165, 1.54) is 12.1 Å². The lowest BCUT2D eigenvalue weighted by atomic mass is 10.1. The molecule has 0 saturated heterocycles. The van der Waals surface area contributed by atoms with Crippen LogP contribution >= 0.6 is 0 Å². The van der Waals surface area contributed by atoms with Gasteiger partial charge in [0.05, 0.1) is 12.3 Å². The summed E-state index contributed by atoms with van der Waals surface area (Å²) in [4.78, 5) is 11.9. The van der Waals surface area contributed by atoms with Crippen molar-refractivity contribution in [1.29, 1.82) is 0 Å². The number of nitrogens with zero attached hydrogens (tertiary/aromatic N) is 2. The lowest BCUT2D eigenvalue weighted by Crippen LogP contribution is -2.25. The highest BCUT2D eigenvalue weighted by atomic mass is 19.1. The van der Waals surface area contributed by atoms with Crippen molar-refractivity contribution in [2.45, 2.75) is 39.5 Å². The predicted molar refractivity (Wildman–Crippen MR) is 95.1 cm³/mol. The van der Waals surface area contributed by atoms with Gasteiger partial charge in [-0.15, -0.1) is 0 Å². The van der Waals surface area contributed by atoms with Gasteiger partial charge in [-0.1, -0.05) is 0 Å². The van der Waals surface area contributed by atoms with Crippen LogP contribution in [-0.2, 0) is 18.3 Å². The van der Waals surface area contributed by atoms with E-state index < -0.39 is 0 Å². The molecule has 0 radical (unpaired) electrons. The zero-order valence-electron chi connectivity index (χ0n) is 15.1. The van der Waals surface area contributed by atoms with Crippen molar-refractivity contribution in [1.82, 2.24) is 15.1 Å². The van der Waals surface area contributed by atoms with Crippen LogP contribution < -0.4 is 10.1 Å². The van der Waals surface area contributed by atoms with Gasteiger partial charge in [-0.3, -0.25) is 9.48 Å². The molecule has 0 spiro atoms. The first-order chi connectivity index (χ1) is 12.0. The summed E-state index contributed by atoms with van der Waals surface area (Å²) in [5.74, 6) is 0.446. The molecule has 25 heavy (non-hydrogen) atoms. The van der Waals surface area contributed by atoms with Crippen LogP contribution in [-0.4, -0.2) is 28.8 Å². The molecule has 1 aromatic carbocycles. The van der Waals surface area contributed by atoms with Crippen LogP contribution in [0.1, 0.15) is 36.2 Å². The smallest absolute Gasteiger partial charge is 0.220 e. The minimum absolute atomic E-state index is 0.0575. The number of carbonyl (C=O) groups excluding carboxylic acids is 1. The number of nitrogens with one attached hydrogen (secondary N) is 1. The number of aromatic nitrogens is 2. The Morgan fingerprint density at radius 2 is 1.96 bits per heavy atom. The van der Waals surface area contributed by atoms with E-state index in [4.69, 9.17) is 4.74 Å². The summed E-state index contributed by atoms with van der Waals surface area (Å²) in [6.07, 6.45) is 2.86. The number of amides is 1. The minimum atomic E-state index is -0.272. The fourth-order valence-electron chi connectivity index (χ4n) is 2.68. The Bertz CT molecular complexity index is 695. The molecule has 1 N–H and O–H groups in total.